The van der Waals surface area contributed by atoms with E-state index in [1.807, 2.05) is 30.3 Å². The van der Waals surface area contributed by atoms with E-state index >= 15 is 0 Å². The Balaban J connectivity index is 1.38. The Bertz CT molecular complexity index is 1220. The predicted molar refractivity (Wildman–Crippen MR) is 117 cm³/mol. The number of halogens is 4. The molecule has 0 fully saturated rings. The molecule has 0 radical (unpaired) electrons. The van der Waals surface area contributed by atoms with Gasteiger partial charge in [0.25, 0.3) is 0 Å². The first-order valence-corrected chi connectivity index (χ1v) is 11.5. The molecule has 5 nitrogen and oxygen atoms in total. The van der Waals surface area contributed by atoms with Crippen LogP contribution < -0.4 is 0 Å². The number of hydrogen-bond donors (Lipinski definition) is 0. The first kappa shape index (κ1) is 22.6. The van der Waals surface area contributed by atoms with Crippen LogP contribution in [-0.4, -0.2) is 20.1 Å². The number of benzene rings is 2. The lowest BCUT2D eigenvalue weighted by Gasteiger charge is -2.06. The Labute approximate surface area is 194 Å². The van der Waals surface area contributed by atoms with Gasteiger partial charge in [0, 0.05) is 22.4 Å². The van der Waals surface area contributed by atoms with Gasteiger partial charge in [-0.25, -0.2) is 9.97 Å². The van der Waals surface area contributed by atoms with Crippen LogP contribution in [0.1, 0.15) is 17.0 Å². The molecule has 4 aromatic rings. The minimum absolute atomic E-state index is 0.102. The molecule has 0 atom stereocenters. The molecule has 2 aromatic carbocycles. The van der Waals surface area contributed by atoms with Crippen molar-refractivity contribution in [3.8, 4) is 11.4 Å². The van der Waals surface area contributed by atoms with E-state index in [9.17, 15) is 13.2 Å². The highest BCUT2D eigenvalue weighted by atomic mass is 35.5. The van der Waals surface area contributed by atoms with Gasteiger partial charge in [-0.2, -0.15) is 18.2 Å². The van der Waals surface area contributed by atoms with E-state index < -0.39 is 11.7 Å². The van der Waals surface area contributed by atoms with Gasteiger partial charge in [0.1, 0.15) is 16.4 Å². The quantitative estimate of drug-likeness (QED) is 0.207. The zero-order chi connectivity index (χ0) is 22.6. The molecule has 0 bridgehead atoms. The third-order valence-electron chi connectivity index (χ3n) is 4.21. The average molecular weight is 495 g/mol. The fraction of sp³-hybridized carbons (Fsp3) is 0.143. The fourth-order valence-corrected chi connectivity index (χ4v) is 4.58. The number of rotatable bonds is 7. The summed E-state index contributed by atoms with van der Waals surface area (Å²) >= 11 is 9.08. The van der Waals surface area contributed by atoms with Crippen LogP contribution in [0.15, 0.2) is 75.5 Å². The molecule has 0 amide bonds. The van der Waals surface area contributed by atoms with Gasteiger partial charge in [-0.1, -0.05) is 58.9 Å². The summed E-state index contributed by atoms with van der Waals surface area (Å²) in [4.78, 5) is 12.7. The van der Waals surface area contributed by atoms with Crippen LogP contribution in [0.4, 0.5) is 13.2 Å². The van der Waals surface area contributed by atoms with Crippen LogP contribution in [0.25, 0.3) is 11.4 Å². The third kappa shape index (κ3) is 5.81. The molecule has 0 saturated carbocycles. The largest absolute Gasteiger partial charge is 0.416 e. The summed E-state index contributed by atoms with van der Waals surface area (Å²) in [7, 11) is 0. The van der Waals surface area contributed by atoms with Gasteiger partial charge in [-0.3, -0.25) is 0 Å². The van der Waals surface area contributed by atoms with Crippen molar-refractivity contribution in [3.05, 3.63) is 83.0 Å². The monoisotopic (exact) mass is 494 g/mol. The predicted octanol–water partition coefficient (Wildman–Crippen LogP) is 6.78. The van der Waals surface area contributed by atoms with E-state index in [1.54, 1.807) is 0 Å². The maximum atomic E-state index is 12.9. The minimum atomic E-state index is -4.44. The lowest BCUT2D eigenvalue weighted by atomic mass is 10.1. The summed E-state index contributed by atoms with van der Waals surface area (Å²) in [6.07, 6.45) is -2.97. The molecule has 4 rings (SSSR count). The maximum absolute atomic E-state index is 12.9. The van der Waals surface area contributed by atoms with E-state index in [2.05, 4.69) is 20.1 Å². The number of aromatic nitrogens is 4. The van der Waals surface area contributed by atoms with E-state index in [4.69, 9.17) is 16.1 Å². The van der Waals surface area contributed by atoms with Gasteiger partial charge < -0.3 is 4.52 Å². The van der Waals surface area contributed by atoms with Crippen molar-refractivity contribution < 1.29 is 17.7 Å². The zero-order valence-electron chi connectivity index (χ0n) is 16.2. The summed E-state index contributed by atoms with van der Waals surface area (Å²) in [5.41, 5.74) is 0.485. The lowest BCUT2D eigenvalue weighted by Crippen LogP contribution is -2.04. The number of nitrogens with zero attached hydrogens (tertiary/aromatic N) is 4. The second-order valence-corrected chi connectivity index (χ2v) is 8.85. The smallest absolute Gasteiger partial charge is 0.338 e. The van der Waals surface area contributed by atoms with E-state index in [-0.39, 0.29) is 17.3 Å². The second kappa shape index (κ2) is 9.93. The van der Waals surface area contributed by atoms with Crippen LogP contribution in [0.5, 0.6) is 0 Å². The Kier molecular flexibility index (Phi) is 7.02. The molecule has 0 saturated heterocycles. The van der Waals surface area contributed by atoms with Crippen molar-refractivity contribution in [1.29, 1.82) is 0 Å². The van der Waals surface area contributed by atoms with Crippen LogP contribution >= 0.6 is 35.1 Å². The van der Waals surface area contributed by atoms with Crippen molar-refractivity contribution in [3.63, 3.8) is 0 Å². The molecular formula is C21H14ClF3N4OS2. The second-order valence-electron chi connectivity index (χ2n) is 6.45. The Morgan fingerprint density at radius 1 is 0.906 bits per heavy atom. The van der Waals surface area contributed by atoms with Gasteiger partial charge in [-0.15, -0.1) is 11.8 Å². The van der Waals surface area contributed by atoms with Crippen LogP contribution in [-0.2, 0) is 17.7 Å². The molecule has 0 unspecified atom stereocenters. The number of thioether (sulfide) groups is 2. The molecule has 2 heterocycles. The van der Waals surface area contributed by atoms with Crippen LogP contribution in [0, 0.1) is 0 Å². The van der Waals surface area contributed by atoms with Gasteiger partial charge in [0.2, 0.25) is 11.7 Å². The summed E-state index contributed by atoms with van der Waals surface area (Å²) in [6, 6.07) is 14.3. The van der Waals surface area contributed by atoms with E-state index in [0.717, 1.165) is 22.7 Å². The zero-order valence-corrected chi connectivity index (χ0v) is 18.6. The Morgan fingerprint density at radius 3 is 2.41 bits per heavy atom. The molecule has 0 aliphatic rings. The average Bonchev–Trinajstić information content (AvgIpc) is 3.26. The van der Waals surface area contributed by atoms with E-state index in [1.165, 1.54) is 42.0 Å². The van der Waals surface area contributed by atoms with Crippen molar-refractivity contribution in [2.75, 3.05) is 0 Å². The fourth-order valence-electron chi connectivity index (χ4n) is 2.65. The van der Waals surface area contributed by atoms with Gasteiger partial charge >= 0.3 is 6.18 Å². The van der Waals surface area contributed by atoms with Crippen molar-refractivity contribution >= 4 is 35.1 Å². The highest BCUT2D eigenvalue weighted by Gasteiger charge is 2.30. The van der Waals surface area contributed by atoms with Gasteiger partial charge in [-0.05, 0) is 23.8 Å². The third-order valence-corrected chi connectivity index (χ3v) is 6.46. The van der Waals surface area contributed by atoms with Crippen molar-refractivity contribution in [2.45, 2.75) is 27.7 Å². The molecule has 0 aliphatic carbocycles. The molecule has 0 aliphatic heterocycles. The molecule has 164 valence electrons. The highest BCUT2D eigenvalue weighted by Crippen LogP contribution is 2.32. The van der Waals surface area contributed by atoms with E-state index in [0.29, 0.717) is 21.6 Å². The summed E-state index contributed by atoms with van der Waals surface area (Å²) in [5, 5.41) is 6.00. The molecular weight excluding hydrogens is 481 g/mol. The Morgan fingerprint density at radius 2 is 1.66 bits per heavy atom. The molecule has 32 heavy (non-hydrogen) atoms. The minimum Gasteiger partial charge on any atom is -0.338 e. The van der Waals surface area contributed by atoms with Crippen LogP contribution in [0.2, 0.25) is 5.02 Å². The molecule has 2 aromatic heterocycles. The van der Waals surface area contributed by atoms with Crippen molar-refractivity contribution in [1.82, 2.24) is 20.1 Å². The first-order valence-electron chi connectivity index (χ1n) is 9.20. The standard InChI is InChI=1S/C21H14ClF3N4OS2/c22-16-7-2-1-4-14(16)10-31-18-9-19(27-12-26-18)32-11-17-28-20(29-30-17)13-5-3-6-15(8-13)21(23,24)25/h1-9,12H,10-11H2. The molecule has 0 spiro atoms. The van der Waals surface area contributed by atoms with Crippen LogP contribution in [0.3, 0.4) is 0 Å². The normalized spacial score (nSPS) is 11.6. The van der Waals surface area contributed by atoms with Gasteiger partial charge in [0.15, 0.2) is 0 Å². The van der Waals surface area contributed by atoms with Gasteiger partial charge in [0.05, 0.1) is 11.3 Å². The van der Waals surface area contributed by atoms with Crippen molar-refractivity contribution in [2.24, 2.45) is 0 Å². The maximum Gasteiger partial charge on any atom is 0.416 e. The number of alkyl halides is 3. The molecule has 0 N–H and O–H groups in total. The topological polar surface area (TPSA) is 64.7 Å². The number of hydrogen-bond acceptors (Lipinski definition) is 7. The summed E-state index contributed by atoms with van der Waals surface area (Å²) < 4.78 is 43.9. The summed E-state index contributed by atoms with van der Waals surface area (Å²) in [5.74, 6) is 1.37. The first-order chi connectivity index (χ1) is 15.4. The highest BCUT2D eigenvalue weighted by molar-refractivity contribution is 7.99. The lowest BCUT2D eigenvalue weighted by molar-refractivity contribution is -0.137. The summed E-state index contributed by atoms with van der Waals surface area (Å²) in [6.45, 7) is 0. The Hall–Kier alpha value is -2.56. The SMILES string of the molecule is FC(F)(F)c1cccc(-c2noc(CSc3cc(SCc4ccccc4Cl)ncn3)n2)c1. The molecule has 11 heteroatoms.